The van der Waals surface area contributed by atoms with Crippen LogP contribution in [0.2, 0.25) is 0 Å². The van der Waals surface area contributed by atoms with E-state index >= 15 is 0 Å². The molecule has 0 aliphatic carbocycles. The van der Waals surface area contributed by atoms with Crippen LogP contribution >= 0.6 is 15.9 Å². The lowest BCUT2D eigenvalue weighted by Crippen LogP contribution is -1.93. The first kappa shape index (κ1) is 9.60. The van der Waals surface area contributed by atoms with Crippen LogP contribution in [0.15, 0.2) is 59.3 Å². The number of hydrogen-bond acceptors (Lipinski definition) is 1. The lowest BCUT2D eigenvalue weighted by atomic mass is 10.2. The number of hydrogen-bond donors (Lipinski definition) is 0. The number of rotatable bonds is 1. The van der Waals surface area contributed by atoms with Crippen LogP contribution < -0.4 is 0 Å². The minimum Gasteiger partial charge on any atom is -0.309 e. The first-order valence-corrected chi connectivity index (χ1v) is 5.82. The zero-order valence-electron chi connectivity index (χ0n) is 8.47. The van der Waals surface area contributed by atoms with Gasteiger partial charge in [-0.1, -0.05) is 15.9 Å². The fraction of sp³-hybridized carbons (Fsp3) is 0. The predicted octanol–water partition coefficient (Wildman–Crippen LogP) is 3.79. The maximum atomic E-state index is 4.60. The summed E-state index contributed by atoms with van der Waals surface area (Å²) in [6.07, 6.45) is 3.99. The number of fused-ring (bicyclic) bond motifs is 1. The lowest BCUT2D eigenvalue weighted by molar-refractivity contribution is 1.02. The van der Waals surface area contributed by atoms with Crippen LogP contribution in [-0.2, 0) is 0 Å². The highest BCUT2D eigenvalue weighted by molar-refractivity contribution is 9.10. The number of halogens is 1. The van der Waals surface area contributed by atoms with E-state index in [2.05, 4.69) is 33.0 Å². The second-order valence-electron chi connectivity index (χ2n) is 3.60. The zero-order chi connectivity index (χ0) is 11.0. The summed E-state index contributed by atoms with van der Waals surface area (Å²) >= 11 is 3.46. The molecule has 0 spiro atoms. The lowest BCUT2D eigenvalue weighted by Gasteiger charge is -2.04. The van der Waals surface area contributed by atoms with Crippen molar-refractivity contribution in [3.8, 4) is 5.82 Å². The standard InChI is InChI=1S/C13H9BrN2/c14-11-4-5-12-10(9-11)3-6-13(15-12)16-7-1-2-8-16/h1-9H. The number of pyridine rings is 1. The Labute approximate surface area is 102 Å². The van der Waals surface area contributed by atoms with Gasteiger partial charge in [0.15, 0.2) is 0 Å². The Hall–Kier alpha value is -1.61. The topological polar surface area (TPSA) is 17.8 Å². The van der Waals surface area contributed by atoms with Crippen molar-refractivity contribution in [3.63, 3.8) is 0 Å². The molecule has 0 N–H and O–H groups in total. The predicted molar refractivity (Wildman–Crippen MR) is 68.8 cm³/mol. The van der Waals surface area contributed by atoms with E-state index in [1.807, 2.05) is 47.3 Å². The van der Waals surface area contributed by atoms with Crippen molar-refractivity contribution >= 4 is 26.8 Å². The molecule has 0 radical (unpaired) electrons. The minimum absolute atomic E-state index is 0.944. The summed E-state index contributed by atoms with van der Waals surface area (Å²) in [4.78, 5) is 4.60. The maximum Gasteiger partial charge on any atom is 0.137 e. The van der Waals surface area contributed by atoms with Crippen molar-refractivity contribution in [2.75, 3.05) is 0 Å². The maximum absolute atomic E-state index is 4.60. The Kier molecular flexibility index (Phi) is 2.26. The Balaban J connectivity index is 2.20. The Morgan fingerprint density at radius 2 is 1.81 bits per heavy atom. The van der Waals surface area contributed by atoms with Gasteiger partial charge in [0.25, 0.3) is 0 Å². The van der Waals surface area contributed by atoms with Gasteiger partial charge < -0.3 is 4.57 Å². The first-order valence-electron chi connectivity index (χ1n) is 5.02. The molecule has 0 aliphatic rings. The van der Waals surface area contributed by atoms with E-state index in [4.69, 9.17) is 0 Å². The molecular formula is C13H9BrN2. The van der Waals surface area contributed by atoms with Gasteiger partial charge >= 0.3 is 0 Å². The minimum atomic E-state index is 0.944. The van der Waals surface area contributed by atoms with Crippen molar-refractivity contribution in [2.24, 2.45) is 0 Å². The molecule has 3 heteroatoms. The van der Waals surface area contributed by atoms with Crippen LogP contribution in [0, 0.1) is 0 Å². The van der Waals surface area contributed by atoms with E-state index in [9.17, 15) is 0 Å². The van der Waals surface area contributed by atoms with Gasteiger partial charge in [0, 0.05) is 22.3 Å². The van der Waals surface area contributed by atoms with Gasteiger partial charge in [-0.3, -0.25) is 0 Å². The van der Waals surface area contributed by atoms with Crippen molar-refractivity contribution in [1.82, 2.24) is 9.55 Å². The second-order valence-corrected chi connectivity index (χ2v) is 4.51. The summed E-state index contributed by atoms with van der Waals surface area (Å²) in [6.45, 7) is 0. The van der Waals surface area contributed by atoms with Crippen molar-refractivity contribution in [2.45, 2.75) is 0 Å². The molecule has 2 heterocycles. The largest absolute Gasteiger partial charge is 0.309 e. The molecular weight excluding hydrogens is 264 g/mol. The highest BCUT2D eigenvalue weighted by Crippen LogP contribution is 2.19. The third-order valence-corrected chi connectivity index (χ3v) is 3.00. The Bertz CT molecular complexity index is 629. The first-order chi connectivity index (χ1) is 7.83. The van der Waals surface area contributed by atoms with Gasteiger partial charge in [0.2, 0.25) is 0 Å². The quantitative estimate of drug-likeness (QED) is 0.659. The fourth-order valence-electron chi connectivity index (χ4n) is 1.72. The van der Waals surface area contributed by atoms with E-state index < -0.39 is 0 Å². The van der Waals surface area contributed by atoms with E-state index in [0.29, 0.717) is 0 Å². The number of aromatic nitrogens is 2. The molecule has 0 amide bonds. The van der Waals surface area contributed by atoms with Gasteiger partial charge in [0.05, 0.1) is 5.52 Å². The summed E-state index contributed by atoms with van der Waals surface area (Å²) in [5.74, 6) is 0.944. The molecule has 0 unspecified atom stereocenters. The summed E-state index contributed by atoms with van der Waals surface area (Å²) in [7, 11) is 0. The van der Waals surface area contributed by atoms with Crippen LogP contribution in [0.3, 0.4) is 0 Å². The van der Waals surface area contributed by atoms with E-state index in [1.54, 1.807) is 0 Å². The Morgan fingerprint density at radius 1 is 1.00 bits per heavy atom. The summed E-state index contributed by atoms with van der Waals surface area (Å²) in [5.41, 5.74) is 1.01. The summed E-state index contributed by atoms with van der Waals surface area (Å²) < 4.78 is 3.08. The van der Waals surface area contributed by atoms with Crippen LogP contribution in [0.4, 0.5) is 0 Å². The normalized spacial score (nSPS) is 10.8. The zero-order valence-corrected chi connectivity index (χ0v) is 10.1. The smallest absolute Gasteiger partial charge is 0.137 e. The van der Waals surface area contributed by atoms with Gasteiger partial charge in [-0.25, -0.2) is 4.98 Å². The van der Waals surface area contributed by atoms with Crippen molar-refractivity contribution in [1.29, 1.82) is 0 Å². The molecule has 0 saturated carbocycles. The van der Waals surface area contributed by atoms with Crippen molar-refractivity contribution in [3.05, 3.63) is 59.3 Å². The highest BCUT2D eigenvalue weighted by atomic mass is 79.9. The van der Waals surface area contributed by atoms with E-state index in [0.717, 1.165) is 21.2 Å². The molecule has 78 valence electrons. The van der Waals surface area contributed by atoms with Crippen LogP contribution in [0.1, 0.15) is 0 Å². The SMILES string of the molecule is Brc1ccc2nc(-n3cccc3)ccc2c1. The summed E-state index contributed by atoms with van der Waals surface area (Å²) in [6, 6.07) is 14.2. The molecule has 16 heavy (non-hydrogen) atoms. The van der Waals surface area contributed by atoms with Crippen LogP contribution in [0.25, 0.3) is 16.7 Å². The summed E-state index contributed by atoms with van der Waals surface area (Å²) in [5, 5.41) is 1.14. The third-order valence-electron chi connectivity index (χ3n) is 2.51. The van der Waals surface area contributed by atoms with Gasteiger partial charge in [-0.05, 0) is 42.5 Å². The molecule has 1 aromatic carbocycles. The average Bonchev–Trinajstić information content (AvgIpc) is 2.82. The molecule has 2 aromatic heterocycles. The molecule has 0 saturated heterocycles. The molecule has 3 aromatic rings. The van der Waals surface area contributed by atoms with Crippen molar-refractivity contribution < 1.29 is 0 Å². The molecule has 3 rings (SSSR count). The van der Waals surface area contributed by atoms with E-state index in [1.165, 1.54) is 0 Å². The van der Waals surface area contributed by atoms with Gasteiger partial charge in [-0.15, -0.1) is 0 Å². The average molecular weight is 273 g/mol. The molecule has 2 nitrogen and oxygen atoms in total. The highest BCUT2D eigenvalue weighted by Gasteiger charge is 1.99. The number of benzene rings is 1. The molecule has 0 bridgehead atoms. The molecule has 0 atom stereocenters. The van der Waals surface area contributed by atoms with Gasteiger partial charge in [0.1, 0.15) is 5.82 Å². The van der Waals surface area contributed by atoms with Crippen LogP contribution in [0.5, 0.6) is 0 Å². The van der Waals surface area contributed by atoms with Gasteiger partial charge in [-0.2, -0.15) is 0 Å². The second kappa shape index (κ2) is 3.76. The number of nitrogens with zero attached hydrogens (tertiary/aromatic N) is 2. The van der Waals surface area contributed by atoms with Crippen LogP contribution in [-0.4, -0.2) is 9.55 Å². The monoisotopic (exact) mass is 272 g/mol. The molecule has 0 aliphatic heterocycles. The fourth-order valence-corrected chi connectivity index (χ4v) is 2.10. The molecule has 0 fully saturated rings. The third kappa shape index (κ3) is 1.63. The Morgan fingerprint density at radius 3 is 2.62 bits per heavy atom. The van der Waals surface area contributed by atoms with E-state index in [-0.39, 0.29) is 0 Å².